The summed E-state index contributed by atoms with van der Waals surface area (Å²) in [4.78, 5) is -0.231. The molecular formula is C12H18N2O4S2. The van der Waals surface area contributed by atoms with Gasteiger partial charge in [-0.2, -0.15) is 0 Å². The molecule has 0 atom stereocenters. The molecule has 0 aliphatic heterocycles. The molecule has 0 heterocycles. The normalized spacial score (nSPS) is 17.4. The summed E-state index contributed by atoms with van der Waals surface area (Å²) in [5.74, 6) is 0. The predicted molar refractivity (Wildman–Crippen MR) is 76.5 cm³/mol. The minimum Gasteiger partial charge on any atom is -0.398 e. The van der Waals surface area contributed by atoms with Crippen LogP contribution >= 0.6 is 0 Å². The maximum atomic E-state index is 12.3. The van der Waals surface area contributed by atoms with Gasteiger partial charge >= 0.3 is 0 Å². The molecule has 112 valence electrons. The molecule has 8 heteroatoms. The first kappa shape index (κ1) is 15.3. The average molecular weight is 318 g/mol. The van der Waals surface area contributed by atoms with E-state index in [-0.39, 0.29) is 21.5 Å². The van der Waals surface area contributed by atoms with Gasteiger partial charge in [-0.1, -0.05) is 12.8 Å². The smallest absolute Gasteiger partial charge is 0.242 e. The summed E-state index contributed by atoms with van der Waals surface area (Å²) in [6.07, 6.45) is 4.60. The Hall–Kier alpha value is -1.12. The molecule has 1 aromatic rings. The van der Waals surface area contributed by atoms with Crippen molar-refractivity contribution in [3.05, 3.63) is 18.2 Å². The standard InChI is InChI=1S/C12H18N2O4S2/c1-19(15,16)10-6-7-11(13)12(8-10)20(17,18)14-9-4-2-3-5-9/h6-9,14H,2-5,13H2,1H3. The molecule has 1 aliphatic rings. The van der Waals surface area contributed by atoms with Crippen LogP contribution in [0.2, 0.25) is 0 Å². The fourth-order valence-electron chi connectivity index (χ4n) is 2.30. The van der Waals surface area contributed by atoms with E-state index in [0.717, 1.165) is 38.0 Å². The van der Waals surface area contributed by atoms with Gasteiger partial charge in [0.25, 0.3) is 0 Å². The maximum Gasteiger partial charge on any atom is 0.242 e. The molecule has 0 aromatic heterocycles. The monoisotopic (exact) mass is 318 g/mol. The summed E-state index contributed by atoms with van der Waals surface area (Å²) in [5.41, 5.74) is 5.72. The molecule has 6 nitrogen and oxygen atoms in total. The number of nitrogens with two attached hydrogens (primary N) is 1. The van der Waals surface area contributed by atoms with Gasteiger partial charge in [-0.05, 0) is 31.0 Å². The lowest BCUT2D eigenvalue weighted by atomic mass is 10.3. The molecule has 3 N–H and O–H groups in total. The largest absolute Gasteiger partial charge is 0.398 e. The van der Waals surface area contributed by atoms with Crippen LogP contribution < -0.4 is 10.5 Å². The molecule has 1 aliphatic carbocycles. The topological polar surface area (TPSA) is 106 Å². The lowest BCUT2D eigenvalue weighted by molar-refractivity contribution is 0.552. The van der Waals surface area contributed by atoms with Gasteiger partial charge in [0.2, 0.25) is 10.0 Å². The summed E-state index contributed by atoms with van der Waals surface area (Å²) in [6, 6.07) is 3.63. The fourth-order valence-corrected chi connectivity index (χ4v) is 4.49. The Bertz CT molecular complexity index is 705. The highest BCUT2D eigenvalue weighted by Crippen LogP contribution is 2.25. The van der Waals surface area contributed by atoms with Gasteiger partial charge in [0.05, 0.1) is 10.6 Å². The second kappa shape index (κ2) is 5.34. The summed E-state index contributed by atoms with van der Waals surface area (Å²) < 4.78 is 50.2. The Morgan fingerprint density at radius 2 is 1.75 bits per heavy atom. The van der Waals surface area contributed by atoms with Gasteiger partial charge in [-0.25, -0.2) is 21.6 Å². The number of hydrogen-bond acceptors (Lipinski definition) is 5. The Labute approximate surface area is 119 Å². The third-order valence-corrected chi connectivity index (χ3v) is 6.07. The van der Waals surface area contributed by atoms with Crippen molar-refractivity contribution in [3.8, 4) is 0 Å². The maximum absolute atomic E-state index is 12.3. The quantitative estimate of drug-likeness (QED) is 0.802. The van der Waals surface area contributed by atoms with Crippen LogP contribution in [0.15, 0.2) is 28.0 Å². The molecule has 0 radical (unpaired) electrons. The number of nitrogen functional groups attached to an aromatic ring is 1. The van der Waals surface area contributed by atoms with E-state index in [4.69, 9.17) is 5.73 Å². The average Bonchev–Trinajstić information content (AvgIpc) is 2.79. The second-order valence-corrected chi connectivity index (χ2v) is 8.77. The third kappa shape index (κ3) is 3.31. The Balaban J connectivity index is 2.40. The molecule has 1 aromatic carbocycles. The molecule has 0 spiro atoms. The van der Waals surface area contributed by atoms with E-state index in [1.54, 1.807) is 0 Å². The molecule has 1 saturated carbocycles. The number of rotatable bonds is 4. The van der Waals surface area contributed by atoms with Crippen molar-refractivity contribution in [2.24, 2.45) is 0 Å². The number of hydrogen-bond donors (Lipinski definition) is 2. The highest BCUT2D eigenvalue weighted by atomic mass is 32.2. The molecular weight excluding hydrogens is 300 g/mol. The van der Waals surface area contributed by atoms with Gasteiger partial charge in [-0.3, -0.25) is 0 Å². The third-order valence-electron chi connectivity index (χ3n) is 3.38. The van der Waals surface area contributed by atoms with Crippen LogP contribution in [0, 0.1) is 0 Å². The van der Waals surface area contributed by atoms with Crippen LogP contribution in [0.4, 0.5) is 5.69 Å². The fraction of sp³-hybridized carbons (Fsp3) is 0.500. The first-order valence-corrected chi connectivity index (χ1v) is 9.69. The van der Waals surface area contributed by atoms with Crippen LogP contribution in [0.5, 0.6) is 0 Å². The van der Waals surface area contributed by atoms with Crippen molar-refractivity contribution >= 4 is 25.5 Å². The van der Waals surface area contributed by atoms with Crippen molar-refractivity contribution in [3.63, 3.8) is 0 Å². The summed E-state index contributed by atoms with van der Waals surface area (Å²) in [7, 11) is -7.27. The highest BCUT2D eigenvalue weighted by molar-refractivity contribution is 7.91. The van der Waals surface area contributed by atoms with Crippen molar-refractivity contribution < 1.29 is 16.8 Å². The predicted octanol–water partition coefficient (Wildman–Crippen LogP) is 0.893. The van der Waals surface area contributed by atoms with Crippen molar-refractivity contribution in [1.82, 2.24) is 4.72 Å². The Kier molecular flexibility index (Phi) is 4.08. The lowest BCUT2D eigenvalue weighted by Crippen LogP contribution is -2.33. The van der Waals surface area contributed by atoms with E-state index >= 15 is 0 Å². The SMILES string of the molecule is CS(=O)(=O)c1ccc(N)c(S(=O)(=O)NC2CCCC2)c1. The zero-order chi connectivity index (χ0) is 15.0. The van der Waals surface area contributed by atoms with Crippen LogP contribution in [0.3, 0.4) is 0 Å². The number of anilines is 1. The summed E-state index contributed by atoms with van der Waals surface area (Å²) in [5, 5.41) is 0. The van der Waals surface area contributed by atoms with Crippen molar-refractivity contribution in [1.29, 1.82) is 0 Å². The summed E-state index contributed by atoms with van der Waals surface area (Å²) in [6.45, 7) is 0. The molecule has 20 heavy (non-hydrogen) atoms. The van der Waals surface area contributed by atoms with E-state index in [9.17, 15) is 16.8 Å². The number of benzene rings is 1. The van der Waals surface area contributed by atoms with E-state index in [1.807, 2.05) is 0 Å². The molecule has 1 fully saturated rings. The minimum atomic E-state index is -3.80. The molecule has 2 rings (SSSR count). The molecule has 0 amide bonds. The van der Waals surface area contributed by atoms with Crippen molar-refractivity contribution in [2.75, 3.05) is 12.0 Å². The summed E-state index contributed by atoms with van der Waals surface area (Å²) >= 11 is 0. The van der Waals surface area contributed by atoms with E-state index in [0.29, 0.717) is 0 Å². The first-order chi connectivity index (χ1) is 9.20. The number of sulfone groups is 1. The van der Waals surface area contributed by atoms with Crippen LogP contribution in [-0.4, -0.2) is 29.1 Å². The van der Waals surface area contributed by atoms with E-state index in [1.165, 1.54) is 12.1 Å². The van der Waals surface area contributed by atoms with Crippen LogP contribution in [-0.2, 0) is 19.9 Å². The highest BCUT2D eigenvalue weighted by Gasteiger charge is 2.25. The van der Waals surface area contributed by atoms with Crippen LogP contribution in [0.25, 0.3) is 0 Å². The van der Waals surface area contributed by atoms with Gasteiger partial charge in [0.1, 0.15) is 4.90 Å². The van der Waals surface area contributed by atoms with Gasteiger partial charge in [0, 0.05) is 12.3 Å². The second-order valence-electron chi connectivity index (χ2n) is 5.07. The number of sulfonamides is 1. The Morgan fingerprint density at radius 3 is 2.30 bits per heavy atom. The van der Waals surface area contributed by atoms with Gasteiger partial charge in [0.15, 0.2) is 9.84 Å². The van der Waals surface area contributed by atoms with E-state index in [2.05, 4.69) is 4.72 Å². The van der Waals surface area contributed by atoms with Crippen LogP contribution in [0.1, 0.15) is 25.7 Å². The zero-order valence-electron chi connectivity index (χ0n) is 11.2. The molecule has 0 bridgehead atoms. The zero-order valence-corrected chi connectivity index (χ0v) is 12.8. The van der Waals surface area contributed by atoms with Crippen molar-refractivity contribution in [2.45, 2.75) is 41.5 Å². The van der Waals surface area contributed by atoms with E-state index < -0.39 is 19.9 Å². The minimum absolute atomic E-state index is 0.0443. The van der Waals surface area contributed by atoms with Gasteiger partial charge < -0.3 is 5.73 Å². The molecule has 0 unspecified atom stereocenters. The van der Waals surface area contributed by atoms with Gasteiger partial charge in [-0.15, -0.1) is 0 Å². The Morgan fingerprint density at radius 1 is 1.15 bits per heavy atom. The lowest BCUT2D eigenvalue weighted by Gasteiger charge is -2.14. The number of nitrogens with one attached hydrogen (secondary N) is 1. The first-order valence-electron chi connectivity index (χ1n) is 6.32. The molecule has 0 saturated heterocycles.